The van der Waals surface area contributed by atoms with Gasteiger partial charge in [0.25, 0.3) is 10.0 Å². The molecule has 0 aliphatic heterocycles. The van der Waals surface area contributed by atoms with Crippen LogP contribution >= 0.6 is 0 Å². The van der Waals surface area contributed by atoms with Gasteiger partial charge in [0.1, 0.15) is 13.7 Å². The first-order chi connectivity index (χ1) is 15.5. The second kappa shape index (κ2) is 10.0. The highest BCUT2D eigenvalue weighted by molar-refractivity contribution is 7.99. The number of aromatic nitrogens is 2. The predicted octanol–water partition coefficient (Wildman–Crippen LogP) is 2.23. The largest absolute Gasteiger partial charge is 0.388 e. The summed E-state index contributed by atoms with van der Waals surface area (Å²) >= 11 is 0. The standard InChI is InChI=1S/C22H28BN5O3S2/c1-15(22(2,3)29)25-20-19(23)14-24-21(27-20)26-16-10-12-17(13-11-16)32(4)28-33(30,31)18-8-6-5-7-9-18/h5-15,29H,23H2,1-4H3,(H2,24,25,26,27)/t15-,32?/m1/s1. The van der Waals surface area contributed by atoms with Crippen molar-refractivity contribution in [3.63, 3.8) is 0 Å². The van der Waals surface area contributed by atoms with E-state index in [2.05, 4.69) is 24.4 Å². The normalized spacial score (nSPS) is 14.0. The van der Waals surface area contributed by atoms with E-state index >= 15 is 0 Å². The molecule has 0 radical (unpaired) electrons. The van der Waals surface area contributed by atoms with Gasteiger partial charge in [0.2, 0.25) is 5.95 Å². The average molecular weight is 485 g/mol. The maximum absolute atomic E-state index is 12.5. The highest BCUT2D eigenvalue weighted by atomic mass is 32.3. The fourth-order valence-corrected chi connectivity index (χ4v) is 5.62. The summed E-state index contributed by atoms with van der Waals surface area (Å²) in [5.41, 5.74) is 0.715. The van der Waals surface area contributed by atoms with E-state index in [1.54, 1.807) is 44.5 Å². The summed E-state index contributed by atoms with van der Waals surface area (Å²) in [7, 11) is -2.66. The van der Waals surface area contributed by atoms with Gasteiger partial charge in [-0.15, -0.1) is 3.77 Å². The molecule has 0 bridgehead atoms. The van der Waals surface area contributed by atoms with Gasteiger partial charge in [-0.3, -0.25) is 0 Å². The summed E-state index contributed by atoms with van der Waals surface area (Å²) < 4.78 is 29.1. The Morgan fingerprint density at radius 3 is 2.36 bits per heavy atom. The van der Waals surface area contributed by atoms with Crippen LogP contribution in [0.2, 0.25) is 0 Å². The molecule has 11 heteroatoms. The SMILES string of the molecule is Bc1cnc(Nc2ccc(S(C)=NS(=O)(=O)c3ccccc3)cc2)nc1N[C@H](C)C(C)(C)O. The number of hydrogen-bond acceptors (Lipinski definition) is 7. The van der Waals surface area contributed by atoms with Gasteiger partial charge in [-0.05, 0) is 68.9 Å². The first-order valence-corrected chi connectivity index (χ1v) is 13.4. The third-order valence-electron chi connectivity index (χ3n) is 5.09. The molecule has 8 nitrogen and oxygen atoms in total. The summed E-state index contributed by atoms with van der Waals surface area (Å²) in [5, 5.41) is 16.6. The molecule has 0 spiro atoms. The zero-order chi connectivity index (χ0) is 24.2. The van der Waals surface area contributed by atoms with Gasteiger partial charge in [0.15, 0.2) is 0 Å². The van der Waals surface area contributed by atoms with Crippen LogP contribution in [-0.4, -0.2) is 49.2 Å². The summed E-state index contributed by atoms with van der Waals surface area (Å²) in [5.74, 6) is 1.05. The molecule has 3 rings (SSSR count). The van der Waals surface area contributed by atoms with Crippen LogP contribution in [0.1, 0.15) is 20.8 Å². The Labute approximate surface area is 198 Å². The Balaban J connectivity index is 1.75. The highest BCUT2D eigenvalue weighted by Gasteiger charge is 2.23. The van der Waals surface area contributed by atoms with E-state index in [-0.39, 0.29) is 10.9 Å². The second-order valence-corrected chi connectivity index (χ2v) is 11.7. The van der Waals surface area contributed by atoms with Crippen LogP contribution in [0.15, 0.2) is 74.4 Å². The van der Waals surface area contributed by atoms with Crippen molar-refractivity contribution in [3.05, 3.63) is 60.8 Å². The van der Waals surface area contributed by atoms with Crippen LogP contribution < -0.4 is 16.1 Å². The fourth-order valence-electron chi connectivity index (χ4n) is 2.72. The molecule has 0 saturated carbocycles. The molecule has 2 atom stereocenters. The lowest BCUT2D eigenvalue weighted by Crippen LogP contribution is -2.40. The van der Waals surface area contributed by atoms with Gasteiger partial charge in [0, 0.05) is 16.8 Å². The maximum Gasteiger partial charge on any atom is 0.288 e. The van der Waals surface area contributed by atoms with Gasteiger partial charge in [-0.1, -0.05) is 28.9 Å². The van der Waals surface area contributed by atoms with Gasteiger partial charge < -0.3 is 15.7 Å². The van der Waals surface area contributed by atoms with Crippen LogP contribution in [-0.2, 0) is 20.7 Å². The highest BCUT2D eigenvalue weighted by Crippen LogP contribution is 2.20. The molecule has 33 heavy (non-hydrogen) atoms. The Morgan fingerprint density at radius 2 is 1.76 bits per heavy atom. The third-order valence-corrected chi connectivity index (χ3v) is 8.59. The smallest absolute Gasteiger partial charge is 0.288 e. The van der Waals surface area contributed by atoms with E-state index in [9.17, 15) is 13.5 Å². The van der Waals surface area contributed by atoms with Crippen LogP contribution in [0, 0.1) is 0 Å². The Kier molecular flexibility index (Phi) is 7.56. The fraction of sp³-hybridized carbons (Fsp3) is 0.273. The van der Waals surface area contributed by atoms with Gasteiger partial charge in [-0.2, -0.15) is 13.4 Å². The number of nitrogens with zero attached hydrogens (tertiary/aromatic N) is 3. The summed E-state index contributed by atoms with van der Waals surface area (Å²) in [6.45, 7) is 5.36. The van der Waals surface area contributed by atoms with Gasteiger partial charge in [0.05, 0.1) is 16.5 Å². The van der Waals surface area contributed by atoms with Crippen molar-refractivity contribution in [3.8, 4) is 0 Å². The molecule has 1 unspecified atom stereocenters. The lowest BCUT2D eigenvalue weighted by Gasteiger charge is -2.27. The quantitative estimate of drug-likeness (QED) is 0.419. The lowest BCUT2D eigenvalue weighted by molar-refractivity contribution is 0.0648. The maximum atomic E-state index is 12.5. The summed E-state index contributed by atoms with van der Waals surface area (Å²) in [6, 6.07) is 15.3. The van der Waals surface area contributed by atoms with Crippen molar-refractivity contribution < 1.29 is 13.5 Å². The molecule has 0 saturated heterocycles. The molecule has 0 aliphatic carbocycles. The Morgan fingerprint density at radius 1 is 1.12 bits per heavy atom. The third kappa shape index (κ3) is 6.62. The zero-order valence-corrected chi connectivity index (χ0v) is 20.9. The minimum Gasteiger partial charge on any atom is -0.388 e. The zero-order valence-electron chi connectivity index (χ0n) is 19.3. The van der Waals surface area contributed by atoms with E-state index in [1.165, 1.54) is 12.1 Å². The molecular weight excluding hydrogens is 457 g/mol. The second-order valence-electron chi connectivity index (χ2n) is 8.23. The van der Waals surface area contributed by atoms with Gasteiger partial charge >= 0.3 is 0 Å². The molecular formula is C22H28BN5O3S2. The number of aliphatic hydroxyl groups is 1. The number of anilines is 3. The van der Waals surface area contributed by atoms with Crippen molar-refractivity contribution in [2.75, 3.05) is 16.9 Å². The van der Waals surface area contributed by atoms with Gasteiger partial charge in [-0.25, -0.2) is 4.98 Å². The van der Waals surface area contributed by atoms with E-state index < -0.39 is 26.3 Å². The number of hydrogen-bond donors (Lipinski definition) is 3. The van der Waals surface area contributed by atoms with E-state index in [4.69, 9.17) is 0 Å². The summed E-state index contributed by atoms with van der Waals surface area (Å²) in [6.07, 6.45) is 3.48. The first-order valence-electron chi connectivity index (χ1n) is 10.3. The first kappa shape index (κ1) is 24.9. The molecule has 3 N–H and O–H groups in total. The molecule has 174 valence electrons. The van der Waals surface area contributed by atoms with E-state index in [0.717, 1.165) is 16.0 Å². The van der Waals surface area contributed by atoms with Crippen LogP contribution in [0.5, 0.6) is 0 Å². The minimum atomic E-state index is -3.72. The lowest BCUT2D eigenvalue weighted by atomic mass is 9.96. The van der Waals surface area contributed by atoms with E-state index in [1.807, 2.05) is 39.0 Å². The molecule has 0 fully saturated rings. The number of sulfonamides is 1. The predicted molar refractivity (Wildman–Crippen MR) is 137 cm³/mol. The Hall–Kier alpha value is -2.76. The molecule has 0 aliphatic rings. The molecule has 3 aromatic rings. The van der Waals surface area contributed by atoms with E-state index in [0.29, 0.717) is 11.8 Å². The van der Waals surface area contributed by atoms with Crippen molar-refractivity contribution in [1.29, 1.82) is 0 Å². The molecule has 2 aromatic carbocycles. The topological polar surface area (TPSA) is 117 Å². The van der Waals surface area contributed by atoms with Crippen molar-refractivity contribution in [2.24, 2.45) is 3.77 Å². The summed E-state index contributed by atoms with van der Waals surface area (Å²) in [4.78, 5) is 9.82. The van der Waals surface area contributed by atoms with Crippen molar-refractivity contribution >= 4 is 51.5 Å². The van der Waals surface area contributed by atoms with Crippen molar-refractivity contribution in [1.82, 2.24) is 9.97 Å². The minimum absolute atomic E-state index is 0.183. The number of nitrogens with one attached hydrogen (secondary N) is 2. The van der Waals surface area contributed by atoms with Crippen LogP contribution in [0.3, 0.4) is 0 Å². The molecule has 1 aromatic heterocycles. The van der Waals surface area contributed by atoms with Crippen molar-refractivity contribution in [2.45, 2.75) is 42.2 Å². The van der Waals surface area contributed by atoms with Crippen LogP contribution in [0.25, 0.3) is 0 Å². The number of rotatable bonds is 8. The van der Waals surface area contributed by atoms with Crippen LogP contribution in [0.4, 0.5) is 17.5 Å². The Bertz CT molecular complexity index is 1250. The number of benzene rings is 2. The monoisotopic (exact) mass is 485 g/mol. The molecule has 1 heterocycles. The average Bonchev–Trinajstić information content (AvgIpc) is 2.76. The molecule has 0 amide bonds.